The van der Waals surface area contributed by atoms with Crippen molar-refractivity contribution in [2.75, 3.05) is 27.2 Å². The number of nitrogens with one attached hydrogen (secondary N) is 1. The van der Waals surface area contributed by atoms with Crippen molar-refractivity contribution in [3.63, 3.8) is 0 Å². The molecule has 0 spiro atoms. The molecule has 6 nitrogen and oxygen atoms in total. The maximum Gasteiger partial charge on any atom is 0.246 e. The number of ether oxygens (including phenoxy) is 1. The van der Waals surface area contributed by atoms with Crippen molar-refractivity contribution in [2.24, 2.45) is 0 Å². The van der Waals surface area contributed by atoms with Crippen LogP contribution in [0.4, 0.5) is 0 Å². The molecule has 0 bridgehead atoms. The van der Waals surface area contributed by atoms with Crippen molar-refractivity contribution in [3.8, 4) is 5.75 Å². The minimum absolute atomic E-state index is 0.103. The predicted molar refractivity (Wildman–Crippen MR) is 122 cm³/mol. The standard InChI is InChI=1S/C25H31N3O3/c1-4-10-24(29)26-22(15-19-11-6-5-7-12-19)25(30)28-16-20-13-8-9-14-23(20)31-18-21(28)17-27(2)3/h4-14,21-22H,15-18H2,1-3H3,(H,26,29)/b10-4+. The second-order valence-corrected chi connectivity index (χ2v) is 8.05. The highest BCUT2D eigenvalue weighted by atomic mass is 16.5. The van der Waals surface area contributed by atoms with Crippen LogP contribution < -0.4 is 10.1 Å². The third kappa shape index (κ3) is 6.18. The quantitative estimate of drug-likeness (QED) is 0.699. The molecule has 164 valence electrons. The summed E-state index contributed by atoms with van der Waals surface area (Å²) >= 11 is 0. The number of allylic oxidation sites excluding steroid dienone is 1. The van der Waals surface area contributed by atoms with Gasteiger partial charge in [-0.15, -0.1) is 0 Å². The number of likely N-dealkylation sites (N-methyl/N-ethyl adjacent to an activating group) is 1. The molecule has 3 rings (SSSR count). The molecule has 2 unspecified atom stereocenters. The SMILES string of the molecule is C/C=C/C(=O)NC(Cc1ccccc1)C(=O)N1Cc2ccccc2OCC1CN(C)C. The molecule has 0 saturated heterocycles. The van der Waals surface area contributed by atoms with Crippen LogP contribution in [-0.2, 0) is 22.6 Å². The lowest BCUT2D eigenvalue weighted by Gasteiger charge is -2.34. The summed E-state index contributed by atoms with van der Waals surface area (Å²) in [6.07, 6.45) is 3.55. The largest absolute Gasteiger partial charge is 0.491 e. The van der Waals surface area contributed by atoms with Gasteiger partial charge in [0.05, 0.1) is 6.04 Å². The average molecular weight is 422 g/mol. The Morgan fingerprint density at radius 3 is 2.58 bits per heavy atom. The maximum absolute atomic E-state index is 13.8. The first-order valence-electron chi connectivity index (χ1n) is 10.6. The van der Waals surface area contributed by atoms with Gasteiger partial charge in [0.25, 0.3) is 0 Å². The summed E-state index contributed by atoms with van der Waals surface area (Å²) in [6, 6.07) is 16.8. The van der Waals surface area contributed by atoms with Crippen LogP contribution in [0.5, 0.6) is 5.75 Å². The van der Waals surface area contributed by atoms with E-state index in [-0.39, 0.29) is 17.9 Å². The Bertz CT molecular complexity index is 911. The van der Waals surface area contributed by atoms with E-state index in [4.69, 9.17) is 4.74 Å². The predicted octanol–water partition coefficient (Wildman–Crippen LogP) is 2.64. The number of hydrogen-bond acceptors (Lipinski definition) is 4. The summed E-state index contributed by atoms with van der Waals surface area (Å²) < 4.78 is 6.04. The van der Waals surface area contributed by atoms with Gasteiger partial charge in [-0.25, -0.2) is 0 Å². The first-order valence-corrected chi connectivity index (χ1v) is 10.6. The fraction of sp³-hybridized carbons (Fsp3) is 0.360. The summed E-state index contributed by atoms with van der Waals surface area (Å²) in [5.41, 5.74) is 1.97. The van der Waals surface area contributed by atoms with Gasteiger partial charge in [-0.05, 0) is 38.7 Å². The summed E-state index contributed by atoms with van der Waals surface area (Å²) in [5.74, 6) is 0.431. The number of fused-ring (bicyclic) bond motifs is 1. The number of benzene rings is 2. The molecule has 0 aromatic heterocycles. The molecule has 2 aromatic rings. The summed E-state index contributed by atoms with van der Waals surface area (Å²) in [7, 11) is 3.96. The third-order valence-electron chi connectivity index (χ3n) is 5.26. The average Bonchev–Trinajstić information content (AvgIpc) is 2.93. The van der Waals surface area contributed by atoms with Crippen molar-refractivity contribution >= 4 is 11.8 Å². The molecule has 2 aromatic carbocycles. The van der Waals surface area contributed by atoms with Gasteiger partial charge in [0.1, 0.15) is 18.4 Å². The molecule has 2 atom stereocenters. The third-order valence-corrected chi connectivity index (χ3v) is 5.26. The van der Waals surface area contributed by atoms with Gasteiger partial charge in [0, 0.05) is 25.1 Å². The van der Waals surface area contributed by atoms with Gasteiger partial charge in [-0.1, -0.05) is 54.6 Å². The number of hydrogen-bond donors (Lipinski definition) is 1. The van der Waals surface area contributed by atoms with Crippen molar-refractivity contribution in [2.45, 2.75) is 32.0 Å². The summed E-state index contributed by atoms with van der Waals surface area (Å²) in [4.78, 5) is 30.1. The topological polar surface area (TPSA) is 61.9 Å². The lowest BCUT2D eigenvalue weighted by molar-refractivity contribution is -0.139. The Morgan fingerprint density at radius 1 is 1.16 bits per heavy atom. The number of carbonyl (C=O) groups is 2. The fourth-order valence-electron chi connectivity index (χ4n) is 3.82. The Morgan fingerprint density at radius 2 is 1.87 bits per heavy atom. The molecule has 1 aliphatic heterocycles. The number of para-hydroxylation sites is 1. The molecule has 0 fully saturated rings. The van der Waals surface area contributed by atoms with Gasteiger partial charge in [0.15, 0.2) is 0 Å². The van der Waals surface area contributed by atoms with Crippen LogP contribution in [0.3, 0.4) is 0 Å². The van der Waals surface area contributed by atoms with E-state index in [2.05, 4.69) is 10.2 Å². The first-order chi connectivity index (χ1) is 15.0. The molecule has 31 heavy (non-hydrogen) atoms. The fourth-order valence-corrected chi connectivity index (χ4v) is 3.82. The van der Waals surface area contributed by atoms with E-state index in [9.17, 15) is 9.59 Å². The molecule has 6 heteroatoms. The molecule has 1 aliphatic rings. The second kappa shape index (κ2) is 10.8. The van der Waals surface area contributed by atoms with Crippen LogP contribution in [0.2, 0.25) is 0 Å². The summed E-state index contributed by atoms with van der Waals surface area (Å²) in [5, 5.41) is 2.91. The molecular weight excluding hydrogens is 390 g/mol. The van der Waals surface area contributed by atoms with Crippen molar-refractivity contribution in [1.29, 1.82) is 0 Å². The van der Waals surface area contributed by atoms with Gasteiger partial charge in [-0.3, -0.25) is 9.59 Å². The Hall–Kier alpha value is -3.12. The Labute approximate surface area is 184 Å². The minimum atomic E-state index is -0.666. The number of nitrogens with zero attached hydrogens (tertiary/aromatic N) is 2. The lowest BCUT2D eigenvalue weighted by Crippen LogP contribution is -2.55. The zero-order valence-electron chi connectivity index (χ0n) is 18.5. The van der Waals surface area contributed by atoms with Gasteiger partial charge < -0.3 is 19.9 Å². The zero-order chi connectivity index (χ0) is 22.2. The van der Waals surface area contributed by atoms with E-state index in [0.717, 1.165) is 16.9 Å². The zero-order valence-corrected chi connectivity index (χ0v) is 18.5. The Balaban J connectivity index is 1.91. The van der Waals surface area contributed by atoms with Crippen LogP contribution in [0.15, 0.2) is 66.7 Å². The lowest BCUT2D eigenvalue weighted by atomic mass is 10.0. The van der Waals surface area contributed by atoms with Gasteiger partial charge in [0.2, 0.25) is 11.8 Å². The van der Waals surface area contributed by atoms with Crippen molar-refractivity contribution < 1.29 is 14.3 Å². The van der Waals surface area contributed by atoms with Crippen LogP contribution in [0.25, 0.3) is 0 Å². The normalized spacial score (nSPS) is 17.0. The minimum Gasteiger partial charge on any atom is -0.491 e. The Kier molecular flexibility index (Phi) is 7.84. The van der Waals surface area contributed by atoms with Crippen LogP contribution in [0.1, 0.15) is 18.1 Å². The molecule has 1 heterocycles. The highest BCUT2D eigenvalue weighted by Crippen LogP contribution is 2.26. The number of rotatable bonds is 7. The van der Waals surface area contributed by atoms with Crippen molar-refractivity contribution in [1.82, 2.24) is 15.1 Å². The van der Waals surface area contributed by atoms with E-state index in [0.29, 0.717) is 26.1 Å². The van der Waals surface area contributed by atoms with Crippen molar-refractivity contribution in [3.05, 3.63) is 77.9 Å². The van der Waals surface area contributed by atoms with E-state index < -0.39 is 6.04 Å². The first kappa shape index (κ1) is 22.6. The smallest absolute Gasteiger partial charge is 0.246 e. The van der Waals surface area contributed by atoms with E-state index >= 15 is 0 Å². The van der Waals surface area contributed by atoms with Crippen LogP contribution >= 0.6 is 0 Å². The molecule has 0 radical (unpaired) electrons. The number of amides is 2. The van der Waals surface area contributed by atoms with E-state index in [1.165, 1.54) is 6.08 Å². The van der Waals surface area contributed by atoms with Gasteiger partial charge >= 0.3 is 0 Å². The number of carbonyl (C=O) groups excluding carboxylic acids is 2. The van der Waals surface area contributed by atoms with Crippen LogP contribution in [0, 0.1) is 0 Å². The van der Waals surface area contributed by atoms with Gasteiger partial charge in [-0.2, -0.15) is 0 Å². The second-order valence-electron chi connectivity index (χ2n) is 8.05. The highest BCUT2D eigenvalue weighted by Gasteiger charge is 2.33. The molecule has 0 aliphatic carbocycles. The molecule has 2 amide bonds. The molecular formula is C25H31N3O3. The maximum atomic E-state index is 13.8. The highest BCUT2D eigenvalue weighted by molar-refractivity contribution is 5.93. The monoisotopic (exact) mass is 421 g/mol. The van der Waals surface area contributed by atoms with E-state index in [1.54, 1.807) is 13.0 Å². The molecule has 0 saturated carbocycles. The molecule has 1 N–H and O–H groups in total. The van der Waals surface area contributed by atoms with Crippen LogP contribution in [-0.4, -0.2) is 60.9 Å². The summed E-state index contributed by atoms with van der Waals surface area (Å²) in [6.45, 7) is 3.30. The van der Waals surface area contributed by atoms with E-state index in [1.807, 2.05) is 73.6 Å².